The molecule has 0 aliphatic carbocycles. The SMILES string of the molecule is CCOC(=O)c1csc(C=Cc2cnc(C(C)(C)C)nc2)n1. The van der Waals surface area contributed by atoms with Gasteiger partial charge in [0.15, 0.2) is 5.69 Å². The van der Waals surface area contributed by atoms with Crippen LogP contribution in [0.1, 0.15) is 54.6 Å². The minimum atomic E-state index is -0.392. The molecule has 0 N–H and O–H groups in total. The van der Waals surface area contributed by atoms with E-state index in [1.54, 1.807) is 24.7 Å². The molecular weight excluding hydrogens is 298 g/mol. The van der Waals surface area contributed by atoms with Crippen LogP contribution in [-0.4, -0.2) is 27.5 Å². The number of ether oxygens (including phenoxy) is 1. The van der Waals surface area contributed by atoms with Gasteiger partial charge in [-0.3, -0.25) is 0 Å². The van der Waals surface area contributed by atoms with E-state index >= 15 is 0 Å². The quantitative estimate of drug-likeness (QED) is 0.806. The Balaban J connectivity index is 2.07. The fourth-order valence-corrected chi connectivity index (χ4v) is 2.32. The van der Waals surface area contributed by atoms with Crippen molar-refractivity contribution in [1.29, 1.82) is 0 Å². The van der Waals surface area contributed by atoms with Crippen LogP contribution in [-0.2, 0) is 10.2 Å². The average Bonchev–Trinajstić information content (AvgIpc) is 2.94. The maximum absolute atomic E-state index is 11.5. The standard InChI is InChI=1S/C16H19N3O2S/c1-5-21-14(20)12-10-22-13(19-12)7-6-11-8-17-15(18-9-11)16(2,3)4/h6-10H,5H2,1-4H3. The van der Waals surface area contributed by atoms with Crippen LogP contribution in [0.15, 0.2) is 17.8 Å². The molecule has 0 aliphatic heterocycles. The molecule has 2 rings (SSSR count). The molecule has 2 aromatic rings. The van der Waals surface area contributed by atoms with Crippen LogP contribution < -0.4 is 0 Å². The first-order valence-corrected chi connectivity index (χ1v) is 7.91. The zero-order chi connectivity index (χ0) is 16.2. The van der Waals surface area contributed by atoms with E-state index < -0.39 is 5.97 Å². The zero-order valence-corrected chi connectivity index (χ0v) is 14.0. The summed E-state index contributed by atoms with van der Waals surface area (Å²) in [5, 5.41) is 2.43. The van der Waals surface area contributed by atoms with E-state index in [1.807, 2.05) is 12.2 Å². The molecule has 2 aromatic heterocycles. The highest BCUT2D eigenvalue weighted by Gasteiger charge is 2.16. The molecule has 2 heterocycles. The number of esters is 1. The van der Waals surface area contributed by atoms with Crippen molar-refractivity contribution in [1.82, 2.24) is 15.0 Å². The molecule has 0 fully saturated rings. The third kappa shape index (κ3) is 4.21. The third-order valence-electron chi connectivity index (χ3n) is 2.77. The van der Waals surface area contributed by atoms with E-state index in [-0.39, 0.29) is 5.41 Å². The van der Waals surface area contributed by atoms with E-state index in [0.29, 0.717) is 12.3 Å². The number of nitrogens with zero attached hydrogens (tertiary/aromatic N) is 3. The van der Waals surface area contributed by atoms with Gasteiger partial charge < -0.3 is 4.74 Å². The number of carbonyl (C=O) groups is 1. The van der Waals surface area contributed by atoms with E-state index in [1.165, 1.54) is 11.3 Å². The Morgan fingerprint density at radius 2 is 1.95 bits per heavy atom. The summed E-state index contributed by atoms with van der Waals surface area (Å²) < 4.78 is 4.91. The van der Waals surface area contributed by atoms with Gasteiger partial charge in [-0.15, -0.1) is 11.3 Å². The monoisotopic (exact) mass is 317 g/mol. The first-order chi connectivity index (χ1) is 10.4. The second-order valence-electron chi connectivity index (χ2n) is 5.71. The van der Waals surface area contributed by atoms with Crippen molar-refractivity contribution in [3.8, 4) is 0 Å². The summed E-state index contributed by atoms with van der Waals surface area (Å²) in [5.41, 5.74) is 1.17. The summed E-state index contributed by atoms with van der Waals surface area (Å²) in [6.45, 7) is 8.34. The topological polar surface area (TPSA) is 65.0 Å². The number of aromatic nitrogens is 3. The summed E-state index contributed by atoms with van der Waals surface area (Å²) >= 11 is 1.39. The molecule has 0 spiro atoms. The minimum Gasteiger partial charge on any atom is -0.461 e. The third-order valence-corrected chi connectivity index (χ3v) is 3.58. The number of rotatable bonds is 4. The van der Waals surface area contributed by atoms with Gasteiger partial charge in [0.2, 0.25) is 0 Å². The first-order valence-electron chi connectivity index (χ1n) is 7.03. The van der Waals surface area contributed by atoms with E-state index in [9.17, 15) is 4.79 Å². The Labute approximate surface area is 134 Å². The van der Waals surface area contributed by atoms with Crippen LogP contribution in [0.25, 0.3) is 12.2 Å². The molecule has 116 valence electrons. The van der Waals surface area contributed by atoms with Crippen LogP contribution in [0.5, 0.6) is 0 Å². The molecule has 0 bridgehead atoms. The summed E-state index contributed by atoms with van der Waals surface area (Å²) in [5.74, 6) is 0.416. The second kappa shape index (κ2) is 6.79. The van der Waals surface area contributed by atoms with Gasteiger partial charge in [-0.05, 0) is 19.1 Å². The Morgan fingerprint density at radius 3 is 2.55 bits per heavy atom. The largest absolute Gasteiger partial charge is 0.461 e. The van der Waals surface area contributed by atoms with Crippen molar-refractivity contribution in [3.63, 3.8) is 0 Å². The van der Waals surface area contributed by atoms with Gasteiger partial charge in [0.1, 0.15) is 10.8 Å². The van der Waals surface area contributed by atoms with Gasteiger partial charge in [-0.2, -0.15) is 0 Å². The highest BCUT2D eigenvalue weighted by molar-refractivity contribution is 7.10. The minimum absolute atomic E-state index is 0.0634. The van der Waals surface area contributed by atoms with Crippen LogP contribution in [0.2, 0.25) is 0 Å². The van der Waals surface area contributed by atoms with Gasteiger partial charge in [0.05, 0.1) is 6.61 Å². The van der Waals surface area contributed by atoms with Gasteiger partial charge >= 0.3 is 5.97 Å². The normalized spacial score (nSPS) is 11.8. The van der Waals surface area contributed by atoms with E-state index in [4.69, 9.17) is 4.74 Å². The lowest BCUT2D eigenvalue weighted by Crippen LogP contribution is -2.15. The van der Waals surface area contributed by atoms with E-state index in [2.05, 4.69) is 35.7 Å². The van der Waals surface area contributed by atoms with Gasteiger partial charge in [-0.25, -0.2) is 19.7 Å². The van der Waals surface area contributed by atoms with Crippen LogP contribution in [0, 0.1) is 0 Å². The maximum atomic E-state index is 11.5. The molecule has 6 heteroatoms. The van der Waals surface area contributed by atoms with Crippen molar-refractivity contribution >= 4 is 29.5 Å². The highest BCUT2D eigenvalue weighted by Crippen LogP contribution is 2.18. The lowest BCUT2D eigenvalue weighted by molar-refractivity contribution is 0.0520. The molecule has 5 nitrogen and oxygen atoms in total. The summed E-state index contributed by atoms with van der Waals surface area (Å²) in [4.78, 5) is 24.5. The molecule has 0 aromatic carbocycles. The fourth-order valence-electron chi connectivity index (χ4n) is 1.64. The van der Waals surface area contributed by atoms with Crippen molar-refractivity contribution in [2.75, 3.05) is 6.61 Å². The lowest BCUT2D eigenvalue weighted by Gasteiger charge is -2.15. The van der Waals surface area contributed by atoms with Crippen molar-refractivity contribution < 1.29 is 9.53 Å². The predicted molar refractivity (Wildman–Crippen MR) is 87.7 cm³/mol. The van der Waals surface area contributed by atoms with Gasteiger partial charge in [-0.1, -0.05) is 20.8 Å². The summed E-state index contributed by atoms with van der Waals surface area (Å²) in [7, 11) is 0. The zero-order valence-electron chi connectivity index (χ0n) is 13.2. The molecule has 0 amide bonds. The molecular formula is C16H19N3O2S. The maximum Gasteiger partial charge on any atom is 0.357 e. The molecule has 0 atom stereocenters. The number of thiazole rings is 1. The Hall–Kier alpha value is -2.08. The smallest absolute Gasteiger partial charge is 0.357 e. The van der Waals surface area contributed by atoms with Crippen LogP contribution in [0.3, 0.4) is 0 Å². The molecule has 0 saturated carbocycles. The number of hydrogen-bond donors (Lipinski definition) is 0. The Bertz CT molecular complexity index is 669. The first kappa shape index (κ1) is 16.3. The van der Waals surface area contributed by atoms with Crippen molar-refractivity contribution in [3.05, 3.63) is 39.9 Å². The van der Waals surface area contributed by atoms with Crippen LogP contribution >= 0.6 is 11.3 Å². The van der Waals surface area contributed by atoms with Gasteiger partial charge in [0.25, 0.3) is 0 Å². The molecule has 0 unspecified atom stereocenters. The highest BCUT2D eigenvalue weighted by atomic mass is 32.1. The Kier molecular flexibility index (Phi) is 5.03. The molecule has 0 aliphatic rings. The number of carbonyl (C=O) groups excluding carboxylic acids is 1. The van der Waals surface area contributed by atoms with Crippen molar-refractivity contribution in [2.24, 2.45) is 0 Å². The van der Waals surface area contributed by atoms with Gasteiger partial charge in [0, 0.05) is 28.8 Å². The summed E-state index contributed by atoms with van der Waals surface area (Å²) in [6.07, 6.45) is 7.27. The summed E-state index contributed by atoms with van der Waals surface area (Å²) in [6, 6.07) is 0. The number of hydrogen-bond acceptors (Lipinski definition) is 6. The average molecular weight is 317 g/mol. The lowest BCUT2D eigenvalue weighted by atomic mass is 9.96. The van der Waals surface area contributed by atoms with Crippen molar-refractivity contribution in [2.45, 2.75) is 33.1 Å². The molecule has 22 heavy (non-hydrogen) atoms. The molecule has 0 radical (unpaired) electrons. The van der Waals surface area contributed by atoms with Crippen LogP contribution in [0.4, 0.5) is 0 Å². The molecule has 0 saturated heterocycles. The fraction of sp³-hybridized carbons (Fsp3) is 0.375. The second-order valence-corrected chi connectivity index (χ2v) is 6.60. The Morgan fingerprint density at radius 1 is 1.27 bits per heavy atom. The van der Waals surface area contributed by atoms with E-state index in [0.717, 1.165) is 16.4 Å². The predicted octanol–water partition coefficient (Wildman–Crippen LogP) is 3.58.